The molecule has 1 aliphatic carbocycles. The minimum absolute atomic E-state index is 0. The van der Waals surface area contributed by atoms with Gasteiger partial charge >= 0.3 is 0 Å². The van der Waals surface area contributed by atoms with Crippen LogP contribution in [0.2, 0.25) is 0 Å². The maximum atomic E-state index is 12.1. The predicted molar refractivity (Wildman–Crippen MR) is 109 cm³/mol. The molecule has 1 amide bonds. The van der Waals surface area contributed by atoms with Crippen LogP contribution < -0.4 is 10.6 Å². The molecule has 4 rings (SSSR count). The van der Waals surface area contributed by atoms with Gasteiger partial charge in [0, 0.05) is 12.5 Å². The quantitative estimate of drug-likeness (QED) is 0.715. The minimum Gasteiger partial charge on any atom is -0.353 e. The van der Waals surface area contributed by atoms with E-state index in [4.69, 9.17) is 0 Å². The Bertz CT molecular complexity index is 768. The number of amides is 1. The van der Waals surface area contributed by atoms with Crippen molar-refractivity contribution in [3.05, 3.63) is 59.2 Å². The van der Waals surface area contributed by atoms with Crippen LogP contribution in [0.5, 0.6) is 0 Å². The Morgan fingerprint density at radius 3 is 2.65 bits per heavy atom. The molecular weight excluding hydrogens is 344 g/mol. The molecule has 138 valence electrons. The fourth-order valence-corrected chi connectivity index (χ4v) is 4.05. The van der Waals surface area contributed by atoms with Gasteiger partial charge in [-0.25, -0.2) is 0 Å². The molecule has 2 N–H and O–H groups in total. The van der Waals surface area contributed by atoms with E-state index in [1.807, 2.05) is 0 Å². The van der Waals surface area contributed by atoms with E-state index >= 15 is 0 Å². The highest BCUT2D eigenvalue weighted by atomic mass is 35.5. The minimum atomic E-state index is 0. The zero-order valence-corrected chi connectivity index (χ0v) is 15.9. The molecule has 0 spiro atoms. The highest BCUT2D eigenvalue weighted by molar-refractivity contribution is 5.85. The predicted octanol–water partition coefficient (Wildman–Crippen LogP) is 3.87. The number of hydrogen-bond acceptors (Lipinski definition) is 2. The van der Waals surface area contributed by atoms with Crippen molar-refractivity contribution in [3.63, 3.8) is 0 Å². The number of nitrogens with one attached hydrogen (secondary N) is 2. The lowest BCUT2D eigenvalue weighted by molar-refractivity contribution is -0.122. The number of piperidine rings is 1. The average molecular weight is 371 g/mol. The Morgan fingerprint density at radius 2 is 1.81 bits per heavy atom. The van der Waals surface area contributed by atoms with Crippen LogP contribution in [0.15, 0.2) is 42.5 Å². The summed E-state index contributed by atoms with van der Waals surface area (Å²) >= 11 is 0. The van der Waals surface area contributed by atoms with Gasteiger partial charge in [-0.15, -0.1) is 12.4 Å². The lowest BCUT2D eigenvalue weighted by Gasteiger charge is -2.23. The zero-order chi connectivity index (χ0) is 17.1. The molecule has 1 fully saturated rings. The van der Waals surface area contributed by atoms with E-state index in [0.29, 0.717) is 12.5 Å². The van der Waals surface area contributed by atoms with E-state index in [0.717, 1.165) is 45.2 Å². The summed E-state index contributed by atoms with van der Waals surface area (Å²) < 4.78 is 0. The first-order chi connectivity index (χ1) is 12.3. The second-order valence-electron chi connectivity index (χ2n) is 7.27. The first-order valence-electron chi connectivity index (χ1n) is 9.50. The summed E-state index contributed by atoms with van der Waals surface area (Å²) in [7, 11) is 0. The molecule has 0 bridgehead atoms. The lowest BCUT2D eigenvalue weighted by Crippen LogP contribution is -2.42. The van der Waals surface area contributed by atoms with Gasteiger partial charge in [-0.3, -0.25) is 4.79 Å². The number of benzene rings is 2. The van der Waals surface area contributed by atoms with E-state index in [1.54, 1.807) is 0 Å². The van der Waals surface area contributed by atoms with Crippen LogP contribution in [0.1, 0.15) is 42.4 Å². The second-order valence-corrected chi connectivity index (χ2v) is 7.27. The standard InChI is InChI=1S/C22H26N2O.ClH/c25-22(24-19-10-12-23-13-11-19)7-3-4-16-8-9-18-15-17-5-1-2-6-20(17)21(18)14-16;/h1-2,5-6,8-9,14,19,23H,3-4,7,10-13,15H2,(H,24,25);1H. The number of rotatable bonds is 5. The van der Waals surface area contributed by atoms with Gasteiger partial charge in [-0.05, 0) is 73.0 Å². The Morgan fingerprint density at radius 1 is 1.04 bits per heavy atom. The molecule has 0 unspecified atom stereocenters. The molecule has 0 saturated carbocycles. The molecule has 4 heteroatoms. The van der Waals surface area contributed by atoms with Crippen molar-refractivity contribution >= 4 is 18.3 Å². The first-order valence-corrected chi connectivity index (χ1v) is 9.50. The third-order valence-electron chi connectivity index (χ3n) is 5.44. The van der Waals surface area contributed by atoms with Crippen LogP contribution in [0, 0.1) is 0 Å². The third kappa shape index (κ3) is 4.28. The molecule has 2 aromatic carbocycles. The summed E-state index contributed by atoms with van der Waals surface area (Å²) in [5, 5.41) is 6.51. The molecule has 1 aliphatic heterocycles. The van der Waals surface area contributed by atoms with E-state index < -0.39 is 0 Å². The van der Waals surface area contributed by atoms with Crippen molar-refractivity contribution in [1.29, 1.82) is 0 Å². The van der Waals surface area contributed by atoms with E-state index in [-0.39, 0.29) is 18.3 Å². The first kappa shape index (κ1) is 18.9. The number of hydrogen-bond donors (Lipinski definition) is 2. The van der Waals surface area contributed by atoms with Gasteiger partial charge in [0.15, 0.2) is 0 Å². The smallest absolute Gasteiger partial charge is 0.220 e. The SMILES string of the molecule is Cl.O=C(CCCc1ccc2c(c1)-c1ccccc1C2)NC1CCNCC1. The molecule has 0 radical (unpaired) electrons. The fourth-order valence-electron chi connectivity index (χ4n) is 4.05. The molecular formula is C22H27ClN2O. The lowest BCUT2D eigenvalue weighted by atomic mass is 10.00. The van der Waals surface area contributed by atoms with E-state index in [1.165, 1.54) is 27.8 Å². The van der Waals surface area contributed by atoms with Crippen LogP contribution in [-0.2, 0) is 17.6 Å². The molecule has 0 atom stereocenters. The molecule has 0 aromatic heterocycles. The summed E-state index contributed by atoms with van der Waals surface area (Å²) in [6, 6.07) is 15.9. The summed E-state index contributed by atoms with van der Waals surface area (Å²) in [5.41, 5.74) is 6.95. The number of carbonyl (C=O) groups is 1. The van der Waals surface area contributed by atoms with E-state index in [9.17, 15) is 4.79 Å². The van der Waals surface area contributed by atoms with Crippen LogP contribution >= 0.6 is 12.4 Å². The van der Waals surface area contributed by atoms with Gasteiger partial charge in [0.1, 0.15) is 0 Å². The highest BCUT2D eigenvalue weighted by Gasteiger charge is 2.18. The molecule has 26 heavy (non-hydrogen) atoms. The molecule has 2 aromatic rings. The van der Waals surface area contributed by atoms with Crippen molar-refractivity contribution < 1.29 is 4.79 Å². The second kappa shape index (κ2) is 8.70. The number of halogens is 1. The number of fused-ring (bicyclic) bond motifs is 3. The normalized spacial score (nSPS) is 15.7. The van der Waals surface area contributed by atoms with Crippen molar-refractivity contribution in [3.8, 4) is 11.1 Å². The zero-order valence-electron chi connectivity index (χ0n) is 15.1. The highest BCUT2D eigenvalue weighted by Crippen LogP contribution is 2.36. The summed E-state index contributed by atoms with van der Waals surface area (Å²) in [6.07, 6.45) is 5.65. The summed E-state index contributed by atoms with van der Waals surface area (Å²) in [4.78, 5) is 12.1. The Balaban J connectivity index is 0.00000196. The maximum absolute atomic E-state index is 12.1. The van der Waals surface area contributed by atoms with Crippen molar-refractivity contribution in [2.75, 3.05) is 13.1 Å². The average Bonchev–Trinajstić information content (AvgIpc) is 3.01. The van der Waals surface area contributed by atoms with Gasteiger partial charge in [-0.1, -0.05) is 42.5 Å². The van der Waals surface area contributed by atoms with Crippen LogP contribution in [0.4, 0.5) is 0 Å². The maximum Gasteiger partial charge on any atom is 0.220 e. The summed E-state index contributed by atoms with van der Waals surface area (Å²) in [6.45, 7) is 2.03. The van der Waals surface area contributed by atoms with Gasteiger partial charge in [0.2, 0.25) is 5.91 Å². The van der Waals surface area contributed by atoms with E-state index in [2.05, 4.69) is 53.1 Å². The Kier molecular flexibility index (Phi) is 6.33. The van der Waals surface area contributed by atoms with Gasteiger partial charge in [0.25, 0.3) is 0 Å². The van der Waals surface area contributed by atoms with Gasteiger partial charge in [-0.2, -0.15) is 0 Å². The molecule has 3 nitrogen and oxygen atoms in total. The Labute approximate surface area is 162 Å². The number of aryl methyl sites for hydroxylation is 1. The van der Waals surface area contributed by atoms with Crippen LogP contribution in [0.25, 0.3) is 11.1 Å². The topological polar surface area (TPSA) is 41.1 Å². The van der Waals surface area contributed by atoms with Crippen LogP contribution in [-0.4, -0.2) is 25.0 Å². The van der Waals surface area contributed by atoms with Crippen LogP contribution in [0.3, 0.4) is 0 Å². The van der Waals surface area contributed by atoms with Crippen molar-refractivity contribution in [2.24, 2.45) is 0 Å². The van der Waals surface area contributed by atoms with Crippen molar-refractivity contribution in [1.82, 2.24) is 10.6 Å². The molecule has 1 heterocycles. The third-order valence-corrected chi connectivity index (χ3v) is 5.44. The fraction of sp³-hybridized carbons (Fsp3) is 0.409. The number of carbonyl (C=O) groups excluding carboxylic acids is 1. The molecule has 2 aliphatic rings. The Hall–Kier alpha value is -1.84. The monoisotopic (exact) mass is 370 g/mol. The van der Waals surface area contributed by atoms with Gasteiger partial charge < -0.3 is 10.6 Å². The summed E-state index contributed by atoms with van der Waals surface area (Å²) in [5.74, 6) is 0.207. The van der Waals surface area contributed by atoms with Crippen molar-refractivity contribution in [2.45, 2.75) is 44.6 Å². The largest absolute Gasteiger partial charge is 0.353 e. The van der Waals surface area contributed by atoms with Gasteiger partial charge in [0.05, 0.1) is 0 Å². The molecule has 1 saturated heterocycles.